The standard InChI is InChI=1S/C10H18N2/c1-3-11-4-2-9(1)12-10-5-8(6-10)7-10/h8-9,11-12H,1-7H2. The van der Waals surface area contributed by atoms with E-state index in [0.29, 0.717) is 5.54 Å². The van der Waals surface area contributed by atoms with E-state index in [4.69, 9.17) is 0 Å². The van der Waals surface area contributed by atoms with E-state index in [9.17, 15) is 0 Å². The lowest BCUT2D eigenvalue weighted by Gasteiger charge is -2.63. The van der Waals surface area contributed by atoms with Crippen molar-refractivity contribution in [2.24, 2.45) is 5.92 Å². The van der Waals surface area contributed by atoms with Crippen molar-refractivity contribution in [3.05, 3.63) is 0 Å². The van der Waals surface area contributed by atoms with E-state index in [2.05, 4.69) is 10.6 Å². The smallest absolute Gasteiger partial charge is 0.0192 e. The van der Waals surface area contributed by atoms with Crippen molar-refractivity contribution in [3.8, 4) is 0 Å². The van der Waals surface area contributed by atoms with Crippen molar-refractivity contribution in [1.82, 2.24) is 10.6 Å². The van der Waals surface area contributed by atoms with E-state index in [1.54, 1.807) is 0 Å². The maximum atomic E-state index is 3.86. The predicted molar refractivity (Wildman–Crippen MR) is 49.1 cm³/mol. The number of hydrogen-bond donors (Lipinski definition) is 2. The minimum atomic E-state index is 0.646. The Morgan fingerprint density at radius 2 is 1.75 bits per heavy atom. The van der Waals surface area contributed by atoms with Gasteiger partial charge < -0.3 is 10.6 Å². The van der Waals surface area contributed by atoms with E-state index in [0.717, 1.165) is 12.0 Å². The van der Waals surface area contributed by atoms with Gasteiger partial charge in [0, 0.05) is 11.6 Å². The highest BCUT2D eigenvalue weighted by atomic mass is 15.1. The van der Waals surface area contributed by atoms with Crippen LogP contribution in [-0.2, 0) is 0 Å². The van der Waals surface area contributed by atoms with Crippen LogP contribution in [0.5, 0.6) is 0 Å². The maximum Gasteiger partial charge on any atom is 0.0192 e. The van der Waals surface area contributed by atoms with E-state index < -0.39 is 0 Å². The fourth-order valence-electron chi connectivity index (χ4n) is 3.05. The SMILES string of the molecule is C1CC(NC23CC(C2)C3)CCN1. The lowest BCUT2D eigenvalue weighted by molar-refractivity contribution is -0.0609. The zero-order valence-electron chi connectivity index (χ0n) is 7.60. The van der Waals surface area contributed by atoms with Crippen molar-refractivity contribution in [2.75, 3.05) is 13.1 Å². The summed E-state index contributed by atoms with van der Waals surface area (Å²) < 4.78 is 0. The number of rotatable bonds is 2. The molecule has 0 aromatic rings. The molecule has 1 aliphatic heterocycles. The summed E-state index contributed by atoms with van der Waals surface area (Å²) in [4.78, 5) is 0. The number of nitrogens with one attached hydrogen (secondary N) is 2. The Bertz CT molecular complexity index is 167. The van der Waals surface area contributed by atoms with Gasteiger partial charge in [-0.15, -0.1) is 0 Å². The second kappa shape index (κ2) is 2.46. The maximum absolute atomic E-state index is 3.86. The molecule has 2 nitrogen and oxygen atoms in total. The molecular weight excluding hydrogens is 148 g/mol. The molecule has 0 spiro atoms. The van der Waals surface area contributed by atoms with Gasteiger partial charge in [0.2, 0.25) is 0 Å². The zero-order valence-corrected chi connectivity index (χ0v) is 7.60. The largest absolute Gasteiger partial charge is 0.317 e. The van der Waals surface area contributed by atoms with Gasteiger partial charge in [-0.05, 0) is 51.1 Å². The van der Waals surface area contributed by atoms with Gasteiger partial charge in [-0.3, -0.25) is 0 Å². The Balaban J connectivity index is 1.53. The van der Waals surface area contributed by atoms with Gasteiger partial charge in [-0.2, -0.15) is 0 Å². The Kier molecular flexibility index (Phi) is 1.50. The normalized spacial score (nSPS) is 46.5. The molecule has 0 amide bonds. The molecule has 0 radical (unpaired) electrons. The summed E-state index contributed by atoms with van der Waals surface area (Å²) in [6, 6.07) is 0.826. The average Bonchev–Trinajstić information content (AvgIpc) is 1.97. The molecule has 3 saturated carbocycles. The van der Waals surface area contributed by atoms with Crippen LogP contribution in [0.4, 0.5) is 0 Å². The third kappa shape index (κ3) is 1.01. The first-order valence-corrected chi connectivity index (χ1v) is 5.35. The van der Waals surface area contributed by atoms with Gasteiger partial charge in [0.25, 0.3) is 0 Å². The summed E-state index contributed by atoms with van der Waals surface area (Å²) in [6.07, 6.45) is 7.13. The lowest BCUT2D eigenvalue weighted by atomic mass is 9.49. The summed E-state index contributed by atoms with van der Waals surface area (Å²) in [7, 11) is 0. The highest BCUT2D eigenvalue weighted by molar-refractivity contribution is 5.14. The van der Waals surface area contributed by atoms with Crippen molar-refractivity contribution in [3.63, 3.8) is 0 Å². The van der Waals surface area contributed by atoms with Crippen molar-refractivity contribution in [2.45, 2.75) is 43.7 Å². The predicted octanol–water partition coefficient (Wildman–Crippen LogP) is 0.881. The van der Waals surface area contributed by atoms with Crippen LogP contribution in [0.2, 0.25) is 0 Å². The van der Waals surface area contributed by atoms with Crippen LogP contribution in [0.25, 0.3) is 0 Å². The summed E-state index contributed by atoms with van der Waals surface area (Å²) in [5, 5.41) is 7.27. The van der Waals surface area contributed by atoms with Gasteiger partial charge in [-0.1, -0.05) is 0 Å². The highest BCUT2D eigenvalue weighted by Gasteiger charge is 2.56. The molecule has 2 N–H and O–H groups in total. The highest BCUT2D eigenvalue weighted by Crippen LogP contribution is 2.57. The van der Waals surface area contributed by atoms with Crippen LogP contribution in [0.15, 0.2) is 0 Å². The van der Waals surface area contributed by atoms with Crippen LogP contribution >= 0.6 is 0 Å². The molecule has 4 fully saturated rings. The molecule has 68 valence electrons. The molecule has 2 heteroatoms. The zero-order chi connectivity index (χ0) is 8.02. The molecule has 12 heavy (non-hydrogen) atoms. The second-order valence-electron chi connectivity index (χ2n) is 4.93. The van der Waals surface area contributed by atoms with Crippen molar-refractivity contribution >= 4 is 0 Å². The van der Waals surface area contributed by atoms with Crippen LogP contribution < -0.4 is 10.6 Å². The van der Waals surface area contributed by atoms with E-state index in [1.807, 2.05) is 0 Å². The molecule has 0 aromatic heterocycles. The first-order valence-electron chi connectivity index (χ1n) is 5.35. The third-order valence-electron chi connectivity index (χ3n) is 3.89. The second-order valence-corrected chi connectivity index (χ2v) is 4.93. The van der Waals surface area contributed by atoms with Gasteiger partial charge in [0.15, 0.2) is 0 Å². The minimum absolute atomic E-state index is 0.646. The molecule has 1 heterocycles. The van der Waals surface area contributed by atoms with Gasteiger partial charge >= 0.3 is 0 Å². The quantitative estimate of drug-likeness (QED) is 0.636. The molecule has 1 saturated heterocycles. The first-order chi connectivity index (χ1) is 5.86. The molecule has 3 aliphatic carbocycles. The Labute approximate surface area is 74.1 Å². The summed E-state index contributed by atoms with van der Waals surface area (Å²) in [5.74, 6) is 1.11. The van der Waals surface area contributed by atoms with Gasteiger partial charge in [-0.25, -0.2) is 0 Å². The molecular formula is C10H18N2. The van der Waals surface area contributed by atoms with Crippen LogP contribution in [0.3, 0.4) is 0 Å². The molecule has 0 atom stereocenters. The molecule has 4 rings (SSSR count). The topological polar surface area (TPSA) is 24.1 Å². The first kappa shape index (κ1) is 7.34. The molecule has 2 bridgehead atoms. The summed E-state index contributed by atoms with van der Waals surface area (Å²) in [5.41, 5.74) is 0.646. The van der Waals surface area contributed by atoms with Crippen LogP contribution in [0.1, 0.15) is 32.1 Å². The Morgan fingerprint density at radius 1 is 1.08 bits per heavy atom. The van der Waals surface area contributed by atoms with Crippen LogP contribution in [-0.4, -0.2) is 24.7 Å². The van der Waals surface area contributed by atoms with Crippen molar-refractivity contribution in [1.29, 1.82) is 0 Å². The van der Waals surface area contributed by atoms with Gasteiger partial charge in [0.05, 0.1) is 0 Å². The molecule has 0 aromatic carbocycles. The number of piperidine rings is 1. The third-order valence-corrected chi connectivity index (χ3v) is 3.89. The minimum Gasteiger partial charge on any atom is -0.317 e. The summed E-state index contributed by atoms with van der Waals surface area (Å²) >= 11 is 0. The fraction of sp³-hybridized carbons (Fsp3) is 1.00. The molecule has 0 unspecified atom stereocenters. The van der Waals surface area contributed by atoms with Crippen molar-refractivity contribution < 1.29 is 0 Å². The molecule has 4 aliphatic rings. The van der Waals surface area contributed by atoms with E-state index >= 15 is 0 Å². The number of hydrogen-bond acceptors (Lipinski definition) is 2. The van der Waals surface area contributed by atoms with E-state index in [-0.39, 0.29) is 0 Å². The monoisotopic (exact) mass is 166 g/mol. The average molecular weight is 166 g/mol. The Morgan fingerprint density at radius 3 is 2.25 bits per heavy atom. The summed E-state index contributed by atoms with van der Waals surface area (Å²) in [6.45, 7) is 2.44. The van der Waals surface area contributed by atoms with Gasteiger partial charge in [0.1, 0.15) is 0 Å². The Hall–Kier alpha value is -0.0800. The lowest BCUT2D eigenvalue weighted by Crippen LogP contribution is -2.69. The fourth-order valence-corrected chi connectivity index (χ4v) is 3.05. The van der Waals surface area contributed by atoms with E-state index in [1.165, 1.54) is 45.2 Å². The van der Waals surface area contributed by atoms with Crippen LogP contribution in [0, 0.1) is 5.92 Å².